The van der Waals surface area contributed by atoms with Gasteiger partial charge < -0.3 is 20.1 Å². The normalized spacial score (nSPS) is 31.5. The Labute approximate surface area is 235 Å². The van der Waals surface area contributed by atoms with Crippen LogP contribution >= 0.6 is 0 Å². The molecule has 9 heteroatoms. The first-order chi connectivity index (χ1) is 19.4. The molecular formula is C31H39FN6O2. The van der Waals surface area contributed by atoms with Gasteiger partial charge in [0.25, 0.3) is 0 Å². The topological polar surface area (TPSA) is 101 Å². The van der Waals surface area contributed by atoms with Gasteiger partial charge in [0.2, 0.25) is 0 Å². The van der Waals surface area contributed by atoms with Crippen molar-refractivity contribution in [3.8, 4) is 12.1 Å². The van der Waals surface area contributed by atoms with Crippen LogP contribution in [0.1, 0.15) is 92.2 Å². The smallest absolute Gasteiger partial charge is 0.318 e. The zero-order valence-electron chi connectivity index (χ0n) is 23.4. The standard InChI is InChI=1S/C31H39FN6O2/c1-20-8-10-31(27-22(20)6-7-25(34)23(27)16-33)15-26-24(18-40-31)28(37-11-3-2-4-12-37)36-29(35-26)39-19-30-9-5-13-38(30)17-21(32)14-30/h6-7,20-21H,2-5,8-15,17-19,34H2,1H3. The number of anilines is 2. The molecule has 0 saturated carbocycles. The summed E-state index contributed by atoms with van der Waals surface area (Å²) in [6.45, 7) is 6.32. The number of hydrogen-bond donors (Lipinski definition) is 1. The van der Waals surface area contributed by atoms with E-state index in [2.05, 4.69) is 28.9 Å². The van der Waals surface area contributed by atoms with Crippen molar-refractivity contribution < 1.29 is 13.9 Å². The van der Waals surface area contributed by atoms with Gasteiger partial charge in [-0.2, -0.15) is 15.2 Å². The Hall–Kier alpha value is -2.96. The highest BCUT2D eigenvalue weighted by Gasteiger charge is 2.50. The van der Waals surface area contributed by atoms with Gasteiger partial charge in [0.05, 0.1) is 23.4 Å². The van der Waals surface area contributed by atoms with E-state index in [-0.39, 0.29) is 5.54 Å². The quantitative estimate of drug-likeness (QED) is 0.549. The van der Waals surface area contributed by atoms with Crippen molar-refractivity contribution in [2.24, 2.45) is 0 Å². The molecule has 1 aliphatic carbocycles. The Morgan fingerprint density at radius 3 is 2.85 bits per heavy atom. The van der Waals surface area contributed by atoms with E-state index < -0.39 is 11.8 Å². The lowest BCUT2D eigenvalue weighted by atomic mass is 9.69. The largest absolute Gasteiger partial charge is 0.461 e. The molecule has 40 heavy (non-hydrogen) atoms. The minimum atomic E-state index is -0.801. The SMILES string of the molecule is CC1CCC2(Cc3nc(OCC45CCCN4CC(F)C5)nc(N4CCCCC4)c3CO2)c2c1ccc(N)c2C#N. The predicted octanol–water partition coefficient (Wildman–Crippen LogP) is 4.74. The third kappa shape index (κ3) is 4.14. The minimum Gasteiger partial charge on any atom is -0.461 e. The third-order valence-electron chi connectivity index (χ3n) is 10.2. The zero-order valence-corrected chi connectivity index (χ0v) is 23.4. The molecule has 2 N–H and O–H groups in total. The van der Waals surface area contributed by atoms with E-state index >= 15 is 0 Å². The fourth-order valence-corrected chi connectivity index (χ4v) is 8.11. The number of benzene rings is 1. The number of piperidine rings is 1. The molecule has 5 heterocycles. The van der Waals surface area contributed by atoms with Gasteiger partial charge in [0.15, 0.2) is 0 Å². The van der Waals surface area contributed by atoms with Crippen molar-refractivity contribution in [1.29, 1.82) is 5.26 Å². The predicted molar refractivity (Wildman–Crippen MR) is 150 cm³/mol. The van der Waals surface area contributed by atoms with E-state index in [9.17, 15) is 9.65 Å². The molecule has 1 aromatic carbocycles. The van der Waals surface area contributed by atoms with Gasteiger partial charge in [-0.1, -0.05) is 13.0 Å². The maximum absolute atomic E-state index is 14.4. The van der Waals surface area contributed by atoms with Gasteiger partial charge in [0, 0.05) is 49.3 Å². The molecule has 4 aliphatic heterocycles. The van der Waals surface area contributed by atoms with Crippen molar-refractivity contribution >= 4 is 11.5 Å². The maximum Gasteiger partial charge on any atom is 0.318 e. The molecule has 4 unspecified atom stereocenters. The van der Waals surface area contributed by atoms with Crippen LogP contribution in [0.4, 0.5) is 15.9 Å². The Morgan fingerprint density at radius 2 is 2.02 bits per heavy atom. The first kappa shape index (κ1) is 26.0. The number of nitrogens with two attached hydrogens (primary N) is 1. The molecule has 0 radical (unpaired) electrons. The molecular weight excluding hydrogens is 507 g/mol. The monoisotopic (exact) mass is 546 g/mol. The molecule has 8 nitrogen and oxygen atoms in total. The Bertz CT molecular complexity index is 1360. The fraction of sp³-hybridized carbons (Fsp3) is 0.645. The van der Waals surface area contributed by atoms with Crippen LogP contribution in [-0.4, -0.2) is 59.4 Å². The highest BCUT2D eigenvalue weighted by atomic mass is 19.1. The average molecular weight is 547 g/mol. The summed E-state index contributed by atoms with van der Waals surface area (Å²) in [5.74, 6) is 1.23. The first-order valence-corrected chi connectivity index (χ1v) is 15.0. The van der Waals surface area contributed by atoms with Crippen LogP contribution in [0, 0.1) is 11.3 Å². The van der Waals surface area contributed by atoms with Gasteiger partial charge >= 0.3 is 6.01 Å². The number of aromatic nitrogens is 2. The molecule has 0 bridgehead atoms. The average Bonchev–Trinajstić information content (AvgIpc) is 3.49. The van der Waals surface area contributed by atoms with Crippen LogP contribution in [0.15, 0.2) is 12.1 Å². The first-order valence-electron chi connectivity index (χ1n) is 15.0. The van der Waals surface area contributed by atoms with Crippen LogP contribution in [0.3, 0.4) is 0 Å². The second kappa shape index (κ2) is 9.85. The maximum atomic E-state index is 14.4. The van der Waals surface area contributed by atoms with Crippen molar-refractivity contribution in [2.45, 2.75) is 94.5 Å². The lowest BCUT2D eigenvalue weighted by Gasteiger charge is -2.45. The van der Waals surface area contributed by atoms with Gasteiger partial charge in [-0.25, -0.2) is 4.39 Å². The number of nitriles is 1. The van der Waals surface area contributed by atoms with Crippen LogP contribution in [0.2, 0.25) is 0 Å². The molecule has 7 rings (SSSR count). The summed E-state index contributed by atoms with van der Waals surface area (Å²) in [5.41, 5.74) is 10.4. The highest BCUT2D eigenvalue weighted by molar-refractivity contribution is 5.64. The van der Waals surface area contributed by atoms with Crippen LogP contribution < -0.4 is 15.4 Å². The van der Waals surface area contributed by atoms with E-state index in [0.29, 0.717) is 55.8 Å². The molecule has 5 aliphatic rings. The van der Waals surface area contributed by atoms with Gasteiger partial charge in [-0.15, -0.1) is 0 Å². The zero-order chi connectivity index (χ0) is 27.5. The number of fused-ring (bicyclic) bond motifs is 4. The van der Waals surface area contributed by atoms with E-state index in [0.717, 1.165) is 86.4 Å². The van der Waals surface area contributed by atoms with Crippen LogP contribution in [0.5, 0.6) is 6.01 Å². The van der Waals surface area contributed by atoms with Crippen molar-refractivity contribution in [3.63, 3.8) is 0 Å². The molecule has 2 aromatic rings. The van der Waals surface area contributed by atoms with Gasteiger partial charge in [-0.3, -0.25) is 4.90 Å². The molecule has 3 fully saturated rings. The van der Waals surface area contributed by atoms with Crippen LogP contribution in [0.25, 0.3) is 0 Å². The van der Waals surface area contributed by atoms with Crippen LogP contribution in [-0.2, 0) is 23.4 Å². The summed E-state index contributed by atoms with van der Waals surface area (Å²) in [7, 11) is 0. The Balaban J connectivity index is 1.27. The third-order valence-corrected chi connectivity index (χ3v) is 10.2. The summed E-state index contributed by atoms with van der Waals surface area (Å²) in [5, 5.41) is 10.1. The number of nitrogens with zero attached hydrogens (tertiary/aromatic N) is 5. The van der Waals surface area contributed by atoms with Gasteiger partial charge in [0.1, 0.15) is 30.3 Å². The molecule has 3 saturated heterocycles. The molecule has 0 amide bonds. The second-order valence-electron chi connectivity index (χ2n) is 12.7. The summed E-state index contributed by atoms with van der Waals surface area (Å²) >= 11 is 0. The summed E-state index contributed by atoms with van der Waals surface area (Å²) in [6.07, 6.45) is 7.53. The second-order valence-corrected chi connectivity index (χ2v) is 12.7. The fourth-order valence-electron chi connectivity index (χ4n) is 8.11. The van der Waals surface area contributed by atoms with E-state index in [4.69, 9.17) is 25.2 Å². The summed E-state index contributed by atoms with van der Waals surface area (Å²) in [6, 6.07) is 6.67. The highest BCUT2D eigenvalue weighted by Crippen LogP contribution is 2.51. The molecule has 4 atom stereocenters. The number of ether oxygens (including phenoxy) is 2. The van der Waals surface area contributed by atoms with Crippen molar-refractivity contribution in [3.05, 3.63) is 40.1 Å². The minimum absolute atomic E-state index is 0.258. The van der Waals surface area contributed by atoms with Crippen molar-refractivity contribution in [1.82, 2.24) is 14.9 Å². The lowest BCUT2D eigenvalue weighted by molar-refractivity contribution is -0.0873. The number of hydrogen-bond acceptors (Lipinski definition) is 8. The number of rotatable bonds is 4. The summed E-state index contributed by atoms with van der Waals surface area (Å²) < 4.78 is 27.6. The Kier molecular flexibility index (Phi) is 6.39. The number of halogens is 1. The van der Waals surface area contributed by atoms with E-state index in [1.807, 2.05) is 6.07 Å². The lowest BCUT2D eigenvalue weighted by Crippen LogP contribution is -2.44. The van der Waals surface area contributed by atoms with E-state index in [1.54, 1.807) is 0 Å². The number of nitrogen functional groups attached to an aromatic ring is 1. The van der Waals surface area contributed by atoms with Crippen molar-refractivity contribution in [2.75, 3.05) is 43.4 Å². The molecule has 212 valence electrons. The van der Waals surface area contributed by atoms with Gasteiger partial charge in [-0.05, 0) is 69.0 Å². The Morgan fingerprint density at radius 1 is 1.18 bits per heavy atom. The van der Waals surface area contributed by atoms with E-state index in [1.165, 1.54) is 6.42 Å². The molecule has 1 aromatic heterocycles. The number of alkyl halides is 1. The molecule has 1 spiro atoms. The summed E-state index contributed by atoms with van der Waals surface area (Å²) in [4.78, 5) is 14.6.